The van der Waals surface area contributed by atoms with Crippen LogP contribution in [0.25, 0.3) is 0 Å². The van der Waals surface area contributed by atoms with Gasteiger partial charge in [-0.2, -0.15) is 0 Å². The van der Waals surface area contributed by atoms with Gasteiger partial charge in [-0.25, -0.2) is 0 Å². The lowest BCUT2D eigenvalue weighted by molar-refractivity contribution is -0.0305. The average Bonchev–Trinajstić information content (AvgIpc) is 2.49. The Kier molecular flexibility index (Phi) is 6.37. The minimum absolute atomic E-state index is 0.0790. The highest BCUT2D eigenvalue weighted by Gasteiger charge is 2.39. The molecule has 0 spiro atoms. The molecule has 0 atom stereocenters. The van der Waals surface area contributed by atoms with Crippen LogP contribution in [-0.2, 0) is 11.3 Å². The average molecular weight is 417 g/mol. The standard InChI is InChI=1S/C26H44N2O2/c1-18-10-11-19(17-29-20-13-23(2,3)27-24(4,5)14-20)12-22(18)30-21-15-25(6,7)28-26(8,9)16-21/h10-12,20-21,27-28H,13-17H2,1-9H3. The second-order valence-electron chi connectivity index (χ2n) is 12.4. The topological polar surface area (TPSA) is 42.5 Å². The van der Waals surface area contributed by atoms with Gasteiger partial charge in [0, 0.05) is 35.0 Å². The molecule has 0 unspecified atom stereocenters. The zero-order chi connectivity index (χ0) is 22.4. The first-order valence-electron chi connectivity index (χ1n) is 11.6. The monoisotopic (exact) mass is 416 g/mol. The van der Waals surface area contributed by atoms with Gasteiger partial charge in [-0.3, -0.25) is 0 Å². The molecule has 0 aliphatic carbocycles. The Bertz CT molecular complexity index is 719. The van der Waals surface area contributed by atoms with Crippen molar-refractivity contribution in [2.45, 2.75) is 129 Å². The molecule has 2 fully saturated rings. The summed E-state index contributed by atoms with van der Waals surface area (Å²) >= 11 is 0. The van der Waals surface area contributed by atoms with E-state index in [2.05, 4.69) is 91.1 Å². The van der Waals surface area contributed by atoms with E-state index in [1.165, 1.54) is 11.1 Å². The van der Waals surface area contributed by atoms with Gasteiger partial charge in [0.2, 0.25) is 0 Å². The second kappa shape index (κ2) is 8.11. The summed E-state index contributed by atoms with van der Waals surface area (Å²) in [6.07, 6.45) is 4.58. The molecule has 1 aromatic rings. The van der Waals surface area contributed by atoms with Crippen molar-refractivity contribution in [3.8, 4) is 5.75 Å². The minimum Gasteiger partial charge on any atom is -0.490 e. The maximum Gasteiger partial charge on any atom is 0.122 e. The molecular formula is C26H44N2O2. The molecule has 2 heterocycles. The molecule has 0 aromatic heterocycles. The van der Waals surface area contributed by atoms with Crippen molar-refractivity contribution < 1.29 is 9.47 Å². The Balaban J connectivity index is 1.65. The van der Waals surface area contributed by atoms with E-state index in [0.29, 0.717) is 6.61 Å². The van der Waals surface area contributed by atoms with Gasteiger partial charge in [-0.15, -0.1) is 0 Å². The Hall–Kier alpha value is -1.10. The highest BCUT2D eigenvalue weighted by Crippen LogP contribution is 2.34. The van der Waals surface area contributed by atoms with E-state index in [1.807, 2.05) is 0 Å². The third kappa shape index (κ3) is 6.45. The predicted octanol–water partition coefficient (Wildman–Crippen LogP) is 5.51. The number of benzene rings is 1. The smallest absolute Gasteiger partial charge is 0.122 e. The van der Waals surface area contributed by atoms with E-state index in [0.717, 1.165) is 31.4 Å². The van der Waals surface area contributed by atoms with Crippen molar-refractivity contribution in [3.05, 3.63) is 29.3 Å². The van der Waals surface area contributed by atoms with Gasteiger partial charge in [0.05, 0.1) is 12.7 Å². The summed E-state index contributed by atoms with van der Waals surface area (Å²) in [5, 5.41) is 7.47. The molecule has 2 saturated heterocycles. The van der Waals surface area contributed by atoms with Crippen molar-refractivity contribution >= 4 is 0 Å². The molecule has 4 nitrogen and oxygen atoms in total. The van der Waals surface area contributed by atoms with Crippen LogP contribution in [0.15, 0.2) is 18.2 Å². The summed E-state index contributed by atoms with van der Waals surface area (Å²) in [5.41, 5.74) is 2.74. The second-order valence-corrected chi connectivity index (χ2v) is 12.4. The number of rotatable bonds is 5. The number of nitrogens with one attached hydrogen (secondary N) is 2. The van der Waals surface area contributed by atoms with Gasteiger partial charge in [-0.1, -0.05) is 12.1 Å². The van der Waals surface area contributed by atoms with Gasteiger partial charge in [0.15, 0.2) is 0 Å². The van der Waals surface area contributed by atoms with E-state index >= 15 is 0 Å². The third-order valence-electron chi connectivity index (χ3n) is 6.34. The van der Waals surface area contributed by atoms with Crippen molar-refractivity contribution in [2.24, 2.45) is 0 Å². The molecule has 0 bridgehead atoms. The number of hydrogen-bond acceptors (Lipinski definition) is 4. The van der Waals surface area contributed by atoms with Crippen LogP contribution in [0.2, 0.25) is 0 Å². The first kappa shape index (κ1) is 23.6. The number of aryl methyl sites for hydroxylation is 1. The normalized spacial score (nSPS) is 25.8. The van der Waals surface area contributed by atoms with Crippen LogP contribution in [0.4, 0.5) is 0 Å². The molecule has 1 aromatic carbocycles. The lowest BCUT2D eigenvalue weighted by Gasteiger charge is -2.46. The highest BCUT2D eigenvalue weighted by atomic mass is 16.5. The van der Waals surface area contributed by atoms with E-state index in [4.69, 9.17) is 9.47 Å². The quantitative estimate of drug-likeness (QED) is 0.664. The van der Waals surface area contributed by atoms with E-state index in [1.54, 1.807) is 0 Å². The third-order valence-corrected chi connectivity index (χ3v) is 6.34. The predicted molar refractivity (Wildman–Crippen MR) is 125 cm³/mol. The molecule has 4 heteroatoms. The maximum absolute atomic E-state index is 6.55. The lowest BCUT2D eigenvalue weighted by atomic mass is 9.81. The fraction of sp³-hybridized carbons (Fsp3) is 0.769. The van der Waals surface area contributed by atoms with Crippen LogP contribution in [0, 0.1) is 6.92 Å². The van der Waals surface area contributed by atoms with Crippen LogP contribution >= 0.6 is 0 Å². The van der Waals surface area contributed by atoms with Gasteiger partial charge >= 0.3 is 0 Å². The minimum atomic E-state index is 0.0790. The van der Waals surface area contributed by atoms with Gasteiger partial charge in [0.1, 0.15) is 11.9 Å². The van der Waals surface area contributed by atoms with E-state index in [9.17, 15) is 0 Å². The summed E-state index contributed by atoms with van der Waals surface area (Å²) in [6, 6.07) is 6.53. The van der Waals surface area contributed by atoms with Crippen LogP contribution < -0.4 is 15.4 Å². The Labute approximate surface area is 184 Å². The summed E-state index contributed by atoms with van der Waals surface area (Å²) in [6.45, 7) is 20.9. The molecule has 2 N–H and O–H groups in total. The molecular weight excluding hydrogens is 372 g/mol. The lowest BCUT2D eigenvalue weighted by Crippen LogP contribution is -2.60. The molecule has 0 saturated carbocycles. The summed E-state index contributed by atoms with van der Waals surface area (Å²) < 4.78 is 12.9. The number of ether oxygens (including phenoxy) is 2. The molecule has 3 rings (SSSR count). The fourth-order valence-corrected chi connectivity index (χ4v) is 5.91. The largest absolute Gasteiger partial charge is 0.490 e. The fourth-order valence-electron chi connectivity index (χ4n) is 5.91. The Morgan fingerprint density at radius 3 is 1.73 bits per heavy atom. The van der Waals surface area contributed by atoms with Crippen LogP contribution in [0.5, 0.6) is 5.75 Å². The highest BCUT2D eigenvalue weighted by molar-refractivity contribution is 5.36. The van der Waals surface area contributed by atoms with Gasteiger partial charge in [0.25, 0.3) is 0 Å². The van der Waals surface area contributed by atoms with Gasteiger partial charge in [-0.05, 0) is 92.3 Å². The molecule has 30 heavy (non-hydrogen) atoms. The number of hydrogen-bond donors (Lipinski definition) is 2. The van der Waals surface area contributed by atoms with Crippen LogP contribution in [-0.4, -0.2) is 34.4 Å². The number of piperidine rings is 2. The van der Waals surface area contributed by atoms with Gasteiger partial charge < -0.3 is 20.1 Å². The van der Waals surface area contributed by atoms with Crippen molar-refractivity contribution in [1.82, 2.24) is 10.6 Å². The van der Waals surface area contributed by atoms with Crippen molar-refractivity contribution in [3.63, 3.8) is 0 Å². The molecule has 0 radical (unpaired) electrons. The maximum atomic E-state index is 6.55. The van der Waals surface area contributed by atoms with Crippen LogP contribution in [0.3, 0.4) is 0 Å². The van der Waals surface area contributed by atoms with E-state index < -0.39 is 0 Å². The Morgan fingerprint density at radius 2 is 1.23 bits per heavy atom. The molecule has 2 aliphatic rings. The Morgan fingerprint density at radius 1 is 0.767 bits per heavy atom. The molecule has 170 valence electrons. The summed E-state index contributed by atoms with van der Waals surface area (Å²) in [4.78, 5) is 0. The first-order valence-corrected chi connectivity index (χ1v) is 11.6. The zero-order valence-corrected chi connectivity index (χ0v) is 20.7. The van der Waals surface area contributed by atoms with Crippen molar-refractivity contribution in [1.29, 1.82) is 0 Å². The first-order chi connectivity index (χ1) is 13.6. The SMILES string of the molecule is Cc1ccc(COC2CC(C)(C)NC(C)(C)C2)cc1OC1CC(C)(C)NC(C)(C)C1. The van der Waals surface area contributed by atoms with Crippen LogP contribution in [0.1, 0.15) is 92.2 Å². The molecule has 0 amide bonds. The summed E-state index contributed by atoms with van der Waals surface area (Å²) in [5.74, 6) is 1.00. The zero-order valence-electron chi connectivity index (χ0n) is 20.7. The van der Waals surface area contributed by atoms with E-state index in [-0.39, 0.29) is 34.4 Å². The van der Waals surface area contributed by atoms with Crippen molar-refractivity contribution in [2.75, 3.05) is 0 Å². The summed E-state index contributed by atoms with van der Waals surface area (Å²) in [7, 11) is 0. The molecule has 2 aliphatic heterocycles.